The third-order valence-corrected chi connectivity index (χ3v) is 6.11. The summed E-state index contributed by atoms with van der Waals surface area (Å²) in [6.45, 7) is 3.60. The van der Waals surface area contributed by atoms with Gasteiger partial charge >= 0.3 is 0 Å². The first-order valence-electron chi connectivity index (χ1n) is 9.70. The first-order chi connectivity index (χ1) is 14.1. The van der Waals surface area contributed by atoms with Crippen LogP contribution in [0, 0.1) is 16.4 Å². The zero-order chi connectivity index (χ0) is 23.6. The molecule has 156 valence electrons. The molecule has 0 radical (unpaired) electrons. The first kappa shape index (κ1) is 18.5. The van der Waals surface area contributed by atoms with Crippen LogP contribution in [-0.4, -0.2) is 33.0 Å². The number of hydrogen-bond donors (Lipinski definition) is 3. The van der Waals surface area contributed by atoms with Gasteiger partial charge in [-0.3, -0.25) is 4.72 Å². The number of nitrogens with one attached hydrogen (secondary N) is 3. The molecule has 0 saturated heterocycles. The summed E-state index contributed by atoms with van der Waals surface area (Å²) in [5.41, 5.74) is -0.0805. The van der Waals surface area contributed by atoms with Crippen LogP contribution in [0.4, 0.5) is 19.6 Å². The molecule has 6 nitrogen and oxygen atoms in total. The van der Waals surface area contributed by atoms with Gasteiger partial charge in [0.1, 0.15) is 10.7 Å². The van der Waals surface area contributed by atoms with E-state index < -0.39 is 38.9 Å². The summed E-state index contributed by atoms with van der Waals surface area (Å²) in [6, 6.07) is 1.33. The van der Waals surface area contributed by atoms with Crippen LogP contribution in [0.5, 0.6) is 0 Å². The maximum absolute atomic E-state index is 14.6. The van der Waals surface area contributed by atoms with Crippen LogP contribution in [0.15, 0.2) is 23.2 Å². The van der Waals surface area contributed by atoms with Crippen molar-refractivity contribution in [3.8, 4) is 0 Å². The summed E-state index contributed by atoms with van der Waals surface area (Å²) >= 11 is 6.59. The molecular formula is C17H23ClF2N4O2S2. The molecular weight excluding hydrogens is 430 g/mol. The Morgan fingerprint density at radius 2 is 2.07 bits per heavy atom. The molecule has 2 aromatic rings. The van der Waals surface area contributed by atoms with Crippen molar-refractivity contribution in [2.75, 3.05) is 23.6 Å². The van der Waals surface area contributed by atoms with Crippen LogP contribution in [0.1, 0.15) is 31.3 Å². The number of thiazole rings is 1. The van der Waals surface area contributed by atoms with Gasteiger partial charge < -0.3 is 10.6 Å². The highest BCUT2D eigenvalue weighted by Crippen LogP contribution is 2.30. The zero-order valence-corrected chi connectivity index (χ0v) is 17.8. The van der Waals surface area contributed by atoms with Crippen LogP contribution in [-0.2, 0) is 10.0 Å². The molecule has 28 heavy (non-hydrogen) atoms. The van der Waals surface area contributed by atoms with E-state index in [9.17, 15) is 17.2 Å². The number of halogens is 3. The molecule has 0 bridgehead atoms. The number of anilines is 2. The van der Waals surface area contributed by atoms with Gasteiger partial charge in [-0.15, -0.1) is 0 Å². The predicted molar refractivity (Wildman–Crippen MR) is 110 cm³/mol. The fraction of sp³-hybridized carbons (Fsp3) is 0.471. The third kappa shape index (κ3) is 6.26. The van der Waals surface area contributed by atoms with Crippen molar-refractivity contribution < 1.29 is 21.3 Å². The number of hydrogen-bond acceptors (Lipinski definition) is 6. The molecule has 1 atom stereocenters. The molecule has 1 aromatic heterocycles. The molecule has 0 saturated carbocycles. The summed E-state index contributed by atoms with van der Waals surface area (Å²) in [4.78, 5) is 2.80. The van der Waals surface area contributed by atoms with Crippen molar-refractivity contribution in [1.82, 2.24) is 10.3 Å². The minimum Gasteiger partial charge on any atom is -0.382 e. The monoisotopic (exact) mass is 455 g/mol. The normalized spacial score (nSPS) is 15.4. The van der Waals surface area contributed by atoms with Gasteiger partial charge in [-0.1, -0.05) is 43.7 Å². The van der Waals surface area contributed by atoms with Crippen molar-refractivity contribution in [1.29, 1.82) is 0 Å². The highest BCUT2D eigenvalue weighted by molar-refractivity contribution is 7.93. The Labute approximate surface area is 177 Å². The zero-order valence-electron chi connectivity index (χ0n) is 18.4. The highest BCUT2D eigenvalue weighted by atomic mass is 35.5. The topological polar surface area (TPSA) is 83.1 Å². The van der Waals surface area contributed by atoms with Crippen molar-refractivity contribution in [2.45, 2.75) is 38.1 Å². The molecule has 3 N–H and O–H groups in total. The summed E-state index contributed by atoms with van der Waals surface area (Å²) in [5, 5.41) is 4.37. The standard InChI is InChI=1S/C17H23ClF2N4O2S2/c1-17(2,3)7-10(21-4)8-22-13-6-12(19)14(5-11(13)18)28(25,26)24-16-23-9-15(20)27-16/h5-6,9-10,21-22H,7-8H2,1-4H3,(H,23,24)/t10-/m0/s1/i4D3. The van der Waals surface area contributed by atoms with Crippen LogP contribution < -0.4 is 15.4 Å². The summed E-state index contributed by atoms with van der Waals surface area (Å²) in [7, 11) is -4.39. The Kier molecular flexibility index (Phi) is 5.89. The Morgan fingerprint density at radius 1 is 1.36 bits per heavy atom. The summed E-state index contributed by atoms with van der Waals surface area (Å²) in [6.07, 6.45) is 1.33. The van der Waals surface area contributed by atoms with E-state index in [1.165, 1.54) is 0 Å². The molecule has 0 aliphatic rings. The Hall–Kier alpha value is -1.49. The van der Waals surface area contributed by atoms with Crippen molar-refractivity contribution in [3.05, 3.63) is 34.3 Å². The number of likely N-dealkylation sites (N-methyl/N-ethyl adjacent to an activating group) is 1. The molecule has 11 heteroatoms. The van der Waals surface area contributed by atoms with Gasteiger partial charge in [0.05, 0.1) is 16.9 Å². The second-order valence-electron chi connectivity index (χ2n) is 7.32. The third-order valence-electron chi connectivity index (χ3n) is 3.61. The maximum Gasteiger partial charge on any atom is 0.266 e. The van der Waals surface area contributed by atoms with Crippen LogP contribution in [0.25, 0.3) is 0 Å². The highest BCUT2D eigenvalue weighted by Gasteiger charge is 2.23. The largest absolute Gasteiger partial charge is 0.382 e. The number of rotatable bonds is 8. The Morgan fingerprint density at radius 3 is 2.64 bits per heavy atom. The van der Waals surface area contributed by atoms with E-state index in [1.807, 2.05) is 25.5 Å². The predicted octanol–water partition coefficient (Wildman–Crippen LogP) is 4.31. The van der Waals surface area contributed by atoms with Gasteiger partial charge in [-0.25, -0.2) is 17.8 Å². The Balaban J connectivity index is 2.20. The van der Waals surface area contributed by atoms with Gasteiger partial charge in [0.2, 0.25) is 0 Å². The number of benzene rings is 1. The van der Waals surface area contributed by atoms with E-state index in [2.05, 4.69) is 15.6 Å². The van der Waals surface area contributed by atoms with E-state index in [1.54, 1.807) is 0 Å². The fourth-order valence-corrected chi connectivity index (χ4v) is 4.66. The molecule has 1 aromatic carbocycles. The molecule has 2 rings (SSSR count). The van der Waals surface area contributed by atoms with Gasteiger partial charge in [-0.2, -0.15) is 4.39 Å². The second kappa shape index (κ2) is 8.89. The molecule has 0 unspecified atom stereocenters. The average Bonchev–Trinajstić information content (AvgIpc) is 2.96. The first-order valence-corrected chi connectivity index (χ1v) is 10.9. The smallest absolute Gasteiger partial charge is 0.266 e. The molecule has 0 spiro atoms. The van der Waals surface area contributed by atoms with E-state index in [4.69, 9.17) is 15.7 Å². The van der Waals surface area contributed by atoms with Crippen molar-refractivity contribution >= 4 is 43.8 Å². The van der Waals surface area contributed by atoms with Gasteiger partial charge in [0.25, 0.3) is 10.0 Å². The quantitative estimate of drug-likeness (QED) is 0.552. The molecule has 0 aliphatic carbocycles. The van der Waals surface area contributed by atoms with Crippen LogP contribution in [0.2, 0.25) is 5.02 Å². The SMILES string of the molecule is [2H]C([2H])([2H])N[C@H](CNc1cc(F)c(S(=O)(=O)Nc2ncc(F)s2)cc1Cl)CC(C)(C)C. The fourth-order valence-electron chi connectivity index (χ4n) is 2.49. The number of nitrogens with zero attached hydrogens (tertiary/aromatic N) is 1. The molecule has 1 heterocycles. The lowest BCUT2D eigenvalue weighted by molar-refractivity contribution is 0.323. The van der Waals surface area contributed by atoms with Crippen molar-refractivity contribution in [2.24, 2.45) is 5.41 Å². The van der Waals surface area contributed by atoms with E-state index in [0.29, 0.717) is 17.8 Å². The van der Waals surface area contributed by atoms with E-state index in [0.717, 1.165) is 18.3 Å². The molecule has 0 amide bonds. The van der Waals surface area contributed by atoms with Crippen molar-refractivity contribution in [3.63, 3.8) is 0 Å². The van der Waals surface area contributed by atoms with E-state index >= 15 is 0 Å². The minimum absolute atomic E-state index is 0.0875. The Bertz CT molecular complexity index is 1010. The number of sulfonamides is 1. The molecule has 0 aliphatic heterocycles. The second-order valence-corrected chi connectivity index (χ2v) is 10.4. The van der Waals surface area contributed by atoms with Gasteiger partial charge in [0, 0.05) is 16.7 Å². The minimum atomic E-state index is -4.39. The maximum atomic E-state index is 14.6. The van der Waals surface area contributed by atoms with E-state index in [-0.39, 0.29) is 27.8 Å². The van der Waals surface area contributed by atoms with Gasteiger partial charge in [-0.05, 0) is 30.9 Å². The lowest BCUT2D eigenvalue weighted by atomic mass is 9.88. The number of aromatic nitrogens is 1. The average molecular weight is 456 g/mol. The summed E-state index contributed by atoms with van der Waals surface area (Å²) < 4.78 is 76.7. The lowest BCUT2D eigenvalue weighted by Crippen LogP contribution is -2.36. The summed E-state index contributed by atoms with van der Waals surface area (Å²) in [5.74, 6) is -1.09. The van der Waals surface area contributed by atoms with Gasteiger partial charge in [0.15, 0.2) is 10.3 Å². The lowest BCUT2D eigenvalue weighted by Gasteiger charge is -2.26. The van der Waals surface area contributed by atoms with Crippen LogP contribution >= 0.6 is 22.9 Å². The molecule has 0 fully saturated rings. The van der Waals surface area contributed by atoms with Crippen LogP contribution in [0.3, 0.4) is 0 Å².